The second-order valence-electron chi connectivity index (χ2n) is 3.42. The largest absolute Gasteiger partial charge is 0.399 e. The Hall–Kier alpha value is -1.16. The van der Waals surface area contributed by atoms with E-state index in [0.29, 0.717) is 0 Å². The number of nitrogen functional groups attached to an aromatic ring is 1. The number of rotatable bonds is 4. The molecule has 1 aromatic rings. The number of nitrogens with two attached hydrogens (primary N) is 1. The quantitative estimate of drug-likeness (QED) is 0.525. The molecule has 0 spiro atoms. The Morgan fingerprint density at radius 1 is 1.18 bits per heavy atom. The standard InChI is InChI=1S/C8H11NO6S2/c9-7-3-1-2-6(4-7)8(17(13,14)15)5-16(10,11)12/h1-4,8H,5,9H2,(H,10,11,12)(H,13,14,15). The van der Waals surface area contributed by atoms with Crippen LogP contribution in [0.25, 0.3) is 0 Å². The minimum Gasteiger partial charge on any atom is -0.399 e. The van der Waals surface area contributed by atoms with Crippen molar-refractivity contribution in [3.63, 3.8) is 0 Å². The molecule has 17 heavy (non-hydrogen) atoms. The van der Waals surface area contributed by atoms with Gasteiger partial charge < -0.3 is 5.73 Å². The van der Waals surface area contributed by atoms with Crippen LogP contribution in [0.4, 0.5) is 5.69 Å². The predicted octanol–water partition coefficient (Wildman–Crippen LogP) is 0.0855. The van der Waals surface area contributed by atoms with Gasteiger partial charge in [-0.05, 0) is 17.7 Å². The van der Waals surface area contributed by atoms with Gasteiger partial charge in [0.05, 0.1) is 5.75 Å². The van der Waals surface area contributed by atoms with Gasteiger partial charge in [0.2, 0.25) is 0 Å². The van der Waals surface area contributed by atoms with Crippen molar-refractivity contribution in [1.82, 2.24) is 0 Å². The fraction of sp³-hybridized carbons (Fsp3) is 0.250. The lowest BCUT2D eigenvalue weighted by molar-refractivity contribution is 0.459. The molecule has 0 heterocycles. The van der Waals surface area contributed by atoms with E-state index in [1.54, 1.807) is 0 Å². The van der Waals surface area contributed by atoms with Gasteiger partial charge in [-0.1, -0.05) is 12.1 Å². The van der Waals surface area contributed by atoms with Crippen LogP contribution in [0.2, 0.25) is 0 Å². The van der Waals surface area contributed by atoms with Crippen molar-refractivity contribution in [3.05, 3.63) is 29.8 Å². The van der Waals surface area contributed by atoms with Crippen LogP contribution in [0.1, 0.15) is 10.8 Å². The third kappa shape index (κ3) is 4.30. The molecule has 0 aromatic heterocycles. The van der Waals surface area contributed by atoms with Gasteiger partial charge in [-0.2, -0.15) is 16.8 Å². The van der Waals surface area contributed by atoms with Crippen LogP contribution < -0.4 is 5.73 Å². The van der Waals surface area contributed by atoms with Crippen LogP contribution in [-0.2, 0) is 20.2 Å². The minimum absolute atomic E-state index is 0.00914. The zero-order chi connectivity index (χ0) is 13.3. The number of anilines is 1. The first-order valence-electron chi connectivity index (χ1n) is 4.36. The maximum atomic E-state index is 11.1. The molecule has 9 heteroatoms. The molecule has 0 bridgehead atoms. The summed E-state index contributed by atoms with van der Waals surface area (Å²) in [6.45, 7) is 0. The number of hydrogen-bond acceptors (Lipinski definition) is 5. The summed E-state index contributed by atoms with van der Waals surface area (Å²) in [4.78, 5) is 0. The summed E-state index contributed by atoms with van der Waals surface area (Å²) in [7, 11) is -9.21. The fourth-order valence-corrected chi connectivity index (χ4v) is 3.57. The average molecular weight is 281 g/mol. The van der Waals surface area contributed by atoms with Crippen molar-refractivity contribution in [1.29, 1.82) is 0 Å². The molecule has 0 aliphatic rings. The van der Waals surface area contributed by atoms with Crippen LogP contribution in [0, 0.1) is 0 Å². The fourth-order valence-electron chi connectivity index (χ4n) is 1.30. The molecule has 0 radical (unpaired) electrons. The molecule has 4 N–H and O–H groups in total. The summed E-state index contributed by atoms with van der Waals surface area (Å²) in [6.07, 6.45) is 0. The molecule has 1 aromatic carbocycles. The van der Waals surface area contributed by atoms with Gasteiger partial charge in [-0.3, -0.25) is 9.11 Å². The topological polar surface area (TPSA) is 135 Å². The lowest BCUT2D eigenvalue weighted by atomic mass is 10.1. The van der Waals surface area contributed by atoms with Crippen LogP contribution >= 0.6 is 0 Å². The maximum absolute atomic E-state index is 11.1. The first-order chi connectivity index (χ1) is 7.59. The maximum Gasteiger partial charge on any atom is 0.273 e. The summed E-state index contributed by atoms with van der Waals surface area (Å²) in [5.74, 6) is -1.13. The molecule has 7 nitrogen and oxygen atoms in total. The molecule has 0 saturated carbocycles. The highest BCUT2D eigenvalue weighted by atomic mass is 32.2. The summed E-state index contributed by atoms with van der Waals surface area (Å²) < 4.78 is 61.1. The lowest BCUT2D eigenvalue weighted by Crippen LogP contribution is -2.21. The van der Waals surface area contributed by atoms with E-state index in [9.17, 15) is 16.8 Å². The lowest BCUT2D eigenvalue weighted by Gasteiger charge is -2.12. The minimum atomic E-state index is -4.66. The molecular weight excluding hydrogens is 270 g/mol. The second-order valence-corrected chi connectivity index (χ2v) is 6.52. The van der Waals surface area contributed by atoms with E-state index in [2.05, 4.69) is 0 Å². The van der Waals surface area contributed by atoms with Gasteiger partial charge in [-0.25, -0.2) is 0 Å². The molecule has 96 valence electrons. The Labute approximate surface area is 98.8 Å². The molecular formula is C8H11NO6S2. The van der Waals surface area contributed by atoms with Crippen LogP contribution in [0.3, 0.4) is 0 Å². The van der Waals surface area contributed by atoms with Gasteiger partial charge in [0.1, 0.15) is 5.25 Å². The molecule has 0 fully saturated rings. The van der Waals surface area contributed by atoms with E-state index in [-0.39, 0.29) is 11.3 Å². The summed E-state index contributed by atoms with van der Waals surface area (Å²) in [6, 6.07) is 5.38. The average Bonchev–Trinajstić information content (AvgIpc) is 2.11. The van der Waals surface area contributed by atoms with Crippen molar-refractivity contribution < 1.29 is 25.9 Å². The molecule has 0 saturated heterocycles. The van der Waals surface area contributed by atoms with E-state index in [1.165, 1.54) is 24.3 Å². The van der Waals surface area contributed by atoms with Crippen molar-refractivity contribution in [3.8, 4) is 0 Å². The van der Waals surface area contributed by atoms with Gasteiger partial charge in [0.25, 0.3) is 20.2 Å². The van der Waals surface area contributed by atoms with Crippen molar-refractivity contribution in [2.75, 3.05) is 11.5 Å². The Kier molecular flexibility index (Phi) is 3.77. The molecule has 1 unspecified atom stereocenters. The molecule has 0 aliphatic carbocycles. The normalized spacial score (nSPS) is 14.5. The third-order valence-electron chi connectivity index (χ3n) is 2.00. The highest BCUT2D eigenvalue weighted by Gasteiger charge is 2.30. The van der Waals surface area contributed by atoms with Gasteiger partial charge in [0.15, 0.2) is 0 Å². The SMILES string of the molecule is Nc1cccc(C(CS(=O)(=O)O)S(=O)(=O)O)c1. The van der Waals surface area contributed by atoms with E-state index in [4.69, 9.17) is 14.8 Å². The molecule has 1 rings (SSSR count). The highest BCUT2D eigenvalue weighted by Crippen LogP contribution is 2.24. The summed E-state index contributed by atoms with van der Waals surface area (Å²) >= 11 is 0. The zero-order valence-corrected chi connectivity index (χ0v) is 10.1. The number of hydrogen-bond donors (Lipinski definition) is 3. The molecule has 0 amide bonds. The van der Waals surface area contributed by atoms with Crippen LogP contribution in [-0.4, -0.2) is 31.7 Å². The van der Waals surface area contributed by atoms with Crippen molar-refractivity contribution in [2.45, 2.75) is 5.25 Å². The predicted molar refractivity (Wildman–Crippen MR) is 61.6 cm³/mol. The second kappa shape index (κ2) is 4.61. The summed E-state index contributed by atoms with van der Waals surface area (Å²) in [5.41, 5.74) is 5.62. The Balaban J connectivity index is 3.26. The summed E-state index contributed by atoms with van der Waals surface area (Å²) in [5, 5.41) is -1.76. The third-order valence-corrected chi connectivity index (χ3v) is 4.13. The van der Waals surface area contributed by atoms with E-state index in [0.717, 1.165) is 0 Å². The van der Waals surface area contributed by atoms with E-state index in [1.807, 2.05) is 0 Å². The van der Waals surface area contributed by atoms with Gasteiger partial charge in [0, 0.05) is 5.69 Å². The Morgan fingerprint density at radius 3 is 2.18 bits per heavy atom. The monoisotopic (exact) mass is 281 g/mol. The number of benzene rings is 1. The Bertz CT molecular complexity index is 607. The zero-order valence-electron chi connectivity index (χ0n) is 8.52. The highest BCUT2D eigenvalue weighted by molar-refractivity contribution is 7.89. The van der Waals surface area contributed by atoms with Crippen molar-refractivity contribution >= 4 is 25.9 Å². The van der Waals surface area contributed by atoms with E-state index < -0.39 is 31.2 Å². The Morgan fingerprint density at radius 2 is 1.76 bits per heavy atom. The smallest absolute Gasteiger partial charge is 0.273 e. The van der Waals surface area contributed by atoms with Gasteiger partial charge >= 0.3 is 0 Å². The van der Waals surface area contributed by atoms with Crippen LogP contribution in [0.5, 0.6) is 0 Å². The van der Waals surface area contributed by atoms with E-state index >= 15 is 0 Å². The molecule has 0 aliphatic heterocycles. The van der Waals surface area contributed by atoms with Gasteiger partial charge in [-0.15, -0.1) is 0 Å². The first-order valence-corrected chi connectivity index (χ1v) is 7.48. The molecule has 1 atom stereocenters. The van der Waals surface area contributed by atoms with Crippen LogP contribution in [0.15, 0.2) is 24.3 Å². The first kappa shape index (κ1) is 13.9. The van der Waals surface area contributed by atoms with Crippen molar-refractivity contribution in [2.24, 2.45) is 0 Å².